The third kappa shape index (κ3) is 10.6. The molecule has 10 heteroatoms. The molecule has 5 aliphatic rings. The van der Waals surface area contributed by atoms with Crippen molar-refractivity contribution >= 4 is 16.3 Å². The molecular weight excluding hydrogens is 518 g/mol. The van der Waals surface area contributed by atoms with Gasteiger partial charge in [-0.3, -0.25) is 9.35 Å². The summed E-state index contributed by atoms with van der Waals surface area (Å²) in [5.74, 6) is 1.28. The Morgan fingerprint density at radius 2 is 1.62 bits per heavy atom. The number of hydrogen-bond acceptors (Lipinski definition) is 7. The lowest BCUT2D eigenvalue weighted by Crippen LogP contribution is -2.65. The molecule has 1 saturated heterocycles. The van der Waals surface area contributed by atoms with Crippen LogP contribution >= 0.6 is 0 Å². The topological polar surface area (TPSA) is 140 Å². The first-order chi connectivity index (χ1) is 18.6. The minimum atomic E-state index is -4.23. The minimum absolute atomic E-state index is 0.0453. The number of likely N-dealkylation sites (tertiary alicyclic amines) is 1. The van der Waals surface area contributed by atoms with Gasteiger partial charge >= 0.3 is 10.4 Å². The highest BCUT2D eigenvalue weighted by molar-refractivity contribution is 7.80. The molecule has 5 fully saturated rings. The van der Waals surface area contributed by atoms with Gasteiger partial charge in [0.2, 0.25) is 5.91 Å². The zero-order valence-electron chi connectivity index (χ0n) is 23.9. The van der Waals surface area contributed by atoms with Crippen molar-refractivity contribution in [1.29, 1.82) is 5.26 Å². The number of amides is 1. The number of nitrogens with zero attached hydrogens (tertiary/aromatic N) is 2. The Bertz CT molecular complexity index is 906. The average Bonchev–Trinajstić information content (AvgIpc) is 3.33. The minimum Gasteiger partial charge on any atom is -0.390 e. The quantitative estimate of drug-likeness (QED) is 0.187. The lowest BCUT2D eigenvalue weighted by molar-refractivity contribution is -0.147. The highest BCUT2D eigenvalue weighted by Gasteiger charge is 2.57. The lowest BCUT2D eigenvalue weighted by Gasteiger charge is -2.60. The van der Waals surface area contributed by atoms with Crippen LogP contribution in [0, 0.1) is 23.2 Å². The largest absolute Gasteiger partial charge is 0.397 e. The van der Waals surface area contributed by atoms with Crippen molar-refractivity contribution in [2.45, 2.75) is 140 Å². The Balaban J connectivity index is 0.000000225. The molecule has 0 aromatic carbocycles. The molecule has 1 aliphatic heterocycles. The summed E-state index contributed by atoms with van der Waals surface area (Å²) < 4.78 is 33.0. The second-order valence-electron chi connectivity index (χ2n) is 12.6. The number of unbranched alkanes of at least 4 members (excludes halogenated alkanes) is 9. The first-order valence-corrected chi connectivity index (χ1v) is 16.7. The van der Waals surface area contributed by atoms with Crippen molar-refractivity contribution in [2.75, 3.05) is 19.7 Å². The number of aliphatic hydroxyl groups is 1. The standard InChI is InChI=1S/C17H25N3O2.C12H26O4S/c18-9-14-2-1-3-20(14)15(21)10-19-16-5-12-4-13(6-16)8-17(22,7-12)11-16;1-2-3-4-5-6-7-8-9-10-11-12-16-17(13,14)15/h12-14,19,22H,1-8,10-11H2;2-12H2,1H3,(H,13,14,15)/t12?,13?,14-,16?,17?;/m0./s1. The van der Waals surface area contributed by atoms with Gasteiger partial charge in [-0.25, -0.2) is 4.18 Å². The molecule has 9 nitrogen and oxygen atoms in total. The molecule has 2 unspecified atom stereocenters. The van der Waals surface area contributed by atoms with Crippen LogP contribution in [-0.2, 0) is 19.4 Å². The van der Waals surface area contributed by atoms with Crippen molar-refractivity contribution in [3.8, 4) is 6.07 Å². The Morgan fingerprint density at radius 1 is 1.03 bits per heavy atom. The Labute approximate surface area is 236 Å². The lowest BCUT2D eigenvalue weighted by atomic mass is 9.51. The van der Waals surface area contributed by atoms with Crippen molar-refractivity contribution in [2.24, 2.45) is 11.8 Å². The van der Waals surface area contributed by atoms with Gasteiger partial charge in [-0.1, -0.05) is 64.7 Å². The third-order valence-corrected chi connectivity index (χ3v) is 9.56. The fraction of sp³-hybridized carbons (Fsp3) is 0.931. The van der Waals surface area contributed by atoms with E-state index in [0.717, 1.165) is 57.8 Å². The number of carbonyl (C=O) groups is 1. The normalized spacial score (nSPS) is 31.1. The van der Waals surface area contributed by atoms with Crippen LogP contribution in [-0.4, -0.2) is 65.8 Å². The van der Waals surface area contributed by atoms with Gasteiger partial charge in [0.25, 0.3) is 0 Å². The van der Waals surface area contributed by atoms with Crippen LogP contribution in [0.2, 0.25) is 0 Å². The molecule has 4 aliphatic carbocycles. The van der Waals surface area contributed by atoms with Crippen LogP contribution in [0.1, 0.15) is 122 Å². The van der Waals surface area contributed by atoms with E-state index in [2.05, 4.69) is 22.5 Å². The Hall–Kier alpha value is -1.25. The van der Waals surface area contributed by atoms with Gasteiger partial charge in [-0.05, 0) is 69.6 Å². The summed E-state index contributed by atoms with van der Waals surface area (Å²) in [6.07, 6.45) is 19.7. The summed E-state index contributed by atoms with van der Waals surface area (Å²) in [4.78, 5) is 14.2. The van der Waals surface area contributed by atoms with Gasteiger partial charge in [0.15, 0.2) is 0 Å². The average molecular weight is 570 g/mol. The van der Waals surface area contributed by atoms with Gasteiger partial charge in [-0.15, -0.1) is 0 Å². The fourth-order valence-electron chi connectivity index (χ4n) is 7.74. The number of nitrogens with one attached hydrogen (secondary N) is 1. The van der Waals surface area contributed by atoms with Gasteiger partial charge in [0.1, 0.15) is 6.04 Å². The van der Waals surface area contributed by atoms with E-state index < -0.39 is 16.0 Å². The van der Waals surface area contributed by atoms with Crippen molar-refractivity contribution < 1.29 is 27.1 Å². The molecule has 0 radical (unpaired) electrons. The SMILES string of the molecule is CCCCCCCCCCCCOS(=O)(=O)O.N#C[C@@H]1CCCN1C(=O)CNC12CC3CC(CC(O)(C3)C1)C2. The molecule has 1 amide bonds. The van der Waals surface area contributed by atoms with Crippen LogP contribution in [0.4, 0.5) is 0 Å². The molecule has 39 heavy (non-hydrogen) atoms. The molecule has 1 heterocycles. The second kappa shape index (κ2) is 15.1. The Morgan fingerprint density at radius 3 is 2.15 bits per heavy atom. The highest BCUT2D eigenvalue weighted by atomic mass is 32.3. The third-order valence-electron chi connectivity index (χ3n) is 9.10. The molecule has 3 atom stereocenters. The first-order valence-electron chi connectivity index (χ1n) is 15.4. The van der Waals surface area contributed by atoms with Crippen LogP contribution in [0.5, 0.6) is 0 Å². The van der Waals surface area contributed by atoms with Crippen molar-refractivity contribution in [3.05, 3.63) is 0 Å². The van der Waals surface area contributed by atoms with E-state index in [-0.39, 0.29) is 24.1 Å². The van der Waals surface area contributed by atoms with Gasteiger partial charge in [0.05, 0.1) is 24.8 Å². The number of carbonyl (C=O) groups excluding carboxylic acids is 1. The predicted octanol–water partition coefficient (Wildman–Crippen LogP) is 4.90. The van der Waals surface area contributed by atoms with Crippen LogP contribution in [0.3, 0.4) is 0 Å². The Kier molecular flexibility index (Phi) is 12.5. The summed E-state index contributed by atoms with van der Waals surface area (Å²) in [5.41, 5.74) is -0.542. The molecular formula is C29H51N3O6S. The van der Waals surface area contributed by atoms with E-state index in [0.29, 0.717) is 31.3 Å². The molecule has 4 saturated carbocycles. The molecule has 3 N–H and O–H groups in total. The van der Waals surface area contributed by atoms with E-state index in [1.165, 1.54) is 51.4 Å². The highest BCUT2D eigenvalue weighted by Crippen LogP contribution is 2.57. The molecule has 4 bridgehead atoms. The zero-order valence-corrected chi connectivity index (χ0v) is 24.7. The number of nitriles is 1. The molecule has 0 spiro atoms. The predicted molar refractivity (Wildman–Crippen MR) is 150 cm³/mol. The first kappa shape index (κ1) is 32.3. The van der Waals surface area contributed by atoms with Gasteiger partial charge in [0, 0.05) is 12.1 Å². The number of rotatable bonds is 15. The van der Waals surface area contributed by atoms with Crippen LogP contribution in [0.15, 0.2) is 0 Å². The van der Waals surface area contributed by atoms with E-state index >= 15 is 0 Å². The monoisotopic (exact) mass is 569 g/mol. The second-order valence-corrected chi connectivity index (χ2v) is 13.7. The summed E-state index contributed by atoms with van der Waals surface area (Å²) in [6, 6.07) is 1.99. The summed E-state index contributed by atoms with van der Waals surface area (Å²) >= 11 is 0. The molecule has 0 aromatic rings. The molecule has 5 rings (SSSR count). The zero-order chi connectivity index (χ0) is 28.4. The fourth-order valence-corrected chi connectivity index (χ4v) is 8.07. The van der Waals surface area contributed by atoms with Crippen molar-refractivity contribution in [3.63, 3.8) is 0 Å². The summed E-state index contributed by atoms with van der Waals surface area (Å²) in [5, 5.41) is 23.4. The van der Waals surface area contributed by atoms with Gasteiger partial charge < -0.3 is 15.3 Å². The maximum absolute atomic E-state index is 12.4. The summed E-state index contributed by atoms with van der Waals surface area (Å²) in [6.45, 7) is 3.33. The van der Waals surface area contributed by atoms with Crippen LogP contribution in [0.25, 0.3) is 0 Å². The van der Waals surface area contributed by atoms with Gasteiger partial charge in [-0.2, -0.15) is 13.7 Å². The smallest absolute Gasteiger partial charge is 0.390 e. The van der Waals surface area contributed by atoms with E-state index in [1.807, 2.05) is 0 Å². The molecule has 0 aromatic heterocycles. The van der Waals surface area contributed by atoms with E-state index in [4.69, 9.17) is 9.81 Å². The maximum Gasteiger partial charge on any atom is 0.397 e. The van der Waals surface area contributed by atoms with Crippen LogP contribution < -0.4 is 5.32 Å². The van der Waals surface area contributed by atoms with Crippen molar-refractivity contribution in [1.82, 2.24) is 10.2 Å². The molecule has 224 valence electrons. The summed E-state index contributed by atoms with van der Waals surface area (Å²) in [7, 11) is -4.23. The number of hydrogen-bond donors (Lipinski definition) is 3. The van der Waals surface area contributed by atoms with E-state index in [9.17, 15) is 18.3 Å². The van der Waals surface area contributed by atoms with E-state index in [1.54, 1.807) is 4.90 Å². The maximum atomic E-state index is 12.4.